The number of hydrogen-bond acceptors (Lipinski definition) is 13. The Morgan fingerprint density at radius 3 is 2.17 bits per heavy atom. The topological polar surface area (TPSA) is 221 Å². The number of anilines is 1. The standard InChI is InChI=1S/C47H61N7O10S3Si2/c1-9-52(10-2)34-15-18-37-40(26-34)63-41-27-35(53(11-3)12-4)16-19-38(41)46(37)39-20-17-36(28-42(39)67(60,61)62)66(58,59)51-24-23-48-43(55)14-13-25-68(5,6)64-69(7,8)32-65-47-49-29-33(30-50-47)31-54-44(56)21-22-45(54)57/h15-22,26-30,51H,9-14,23-25,31-32H2,1-8H3,(H-,48,55,60,61,62)/p+1. The number of nitrogens with zero attached hydrogens (tertiary/aromatic N) is 5. The van der Waals surface area contributed by atoms with Gasteiger partial charge in [0.05, 0.1) is 17.5 Å². The van der Waals surface area contributed by atoms with Gasteiger partial charge in [-0.05, 0) is 96.7 Å². The fraction of sp³-hybridized carbons (Fsp3) is 0.404. The van der Waals surface area contributed by atoms with Crippen molar-refractivity contribution in [2.75, 3.05) is 49.5 Å². The average molecular weight is 1040 g/mol. The highest BCUT2D eigenvalue weighted by Gasteiger charge is 2.34. The molecule has 69 heavy (non-hydrogen) atoms. The molecule has 0 bridgehead atoms. The summed E-state index contributed by atoms with van der Waals surface area (Å²) in [6.45, 7) is 19.6. The molecular formula is C47H62N7O10S3Si2+. The van der Waals surface area contributed by atoms with Crippen molar-refractivity contribution in [1.29, 1.82) is 0 Å². The molecule has 3 aliphatic rings. The molecule has 17 nitrogen and oxygen atoms in total. The predicted octanol–water partition coefficient (Wildman–Crippen LogP) is 6.26. The number of hydrogen-bond donors (Lipinski definition) is 3. The van der Waals surface area contributed by atoms with Crippen LogP contribution in [0.2, 0.25) is 32.2 Å². The fourth-order valence-electron chi connectivity index (χ4n) is 8.39. The molecule has 0 spiro atoms. The Balaban J connectivity index is 1.07. The van der Waals surface area contributed by atoms with Crippen LogP contribution in [0.25, 0.3) is 33.4 Å². The van der Waals surface area contributed by atoms with Crippen molar-refractivity contribution in [3.8, 4) is 22.5 Å². The SMILES string of the molecule is CCN(CC)c1ccc2c(-c3ccc(S(=O)(=O)NCCNC(=O)CCC[Si](C)(C)O[Si](C)(C)CSc4ncc(CN5C(=O)C=CC5=O)cn4)cc3S(=O)(=O)O)c3ccc(=[N+](CC)CC)cc-3oc2c1. The van der Waals surface area contributed by atoms with Gasteiger partial charge in [-0.15, -0.1) is 0 Å². The maximum absolute atomic E-state index is 13.6. The molecule has 0 saturated carbocycles. The van der Waals surface area contributed by atoms with E-state index in [4.69, 9.17) is 8.53 Å². The molecule has 3 heterocycles. The summed E-state index contributed by atoms with van der Waals surface area (Å²) in [5.41, 5.74) is 3.18. The molecule has 1 aromatic heterocycles. The van der Waals surface area contributed by atoms with Crippen LogP contribution >= 0.6 is 11.8 Å². The molecule has 0 atom stereocenters. The zero-order chi connectivity index (χ0) is 50.3. The fourth-order valence-corrected chi connectivity index (χ4v) is 20.6. The summed E-state index contributed by atoms with van der Waals surface area (Å²) in [5.74, 6) is -0.489. The molecule has 6 rings (SSSR count). The van der Waals surface area contributed by atoms with Gasteiger partial charge in [0.15, 0.2) is 21.8 Å². The lowest BCUT2D eigenvalue weighted by Gasteiger charge is -2.33. The van der Waals surface area contributed by atoms with Crippen LogP contribution in [0.4, 0.5) is 5.69 Å². The Morgan fingerprint density at radius 1 is 0.870 bits per heavy atom. The minimum Gasteiger partial charge on any atom is -0.456 e. The number of aromatic nitrogens is 2. The van der Waals surface area contributed by atoms with Crippen molar-refractivity contribution in [2.45, 2.75) is 94.3 Å². The van der Waals surface area contributed by atoms with Gasteiger partial charge in [0.2, 0.25) is 21.3 Å². The van der Waals surface area contributed by atoms with E-state index >= 15 is 0 Å². The lowest BCUT2D eigenvalue weighted by atomic mass is 9.93. The van der Waals surface area contributed by atoms with E-state index in [2.05, 4.69) is 55.7 Å². The molecule has 2 aromatic carbocycles. The highest BCUT2D eigenvalue weighted by Crippen LogP contribution is 2.43. The number of nitrogens with one attached hydrogen (secondary N) is 2. The number of fused-ring (bicyclic) bond motifs is 2. The number of carbonyl (C=O) groups excluding carboxylic acids is 3. The maximum Gasteiger partial charge on any atom is 0.295 e. The number of carbonyl (C=O) groups is 3. The van der Waals surface area contributed by atoms with E-state index in [1.165, 1.54) is 36.0 Å². The van der Waals surface area contributed by atoms with E-state index in [0.29, 0.717) is 50.4 Å². The second-order valence-electron chi connectivity index (χ2n) is 17.8. The van der Waals surface area contributed by atoms with E-state index in [0.717, 1.165) is 54.2 Å². The molecule has 0 saturated heterocycles. The van der Waals surface area contributed by atoms with Gasteiger partial charge >= 0.3 is 0 Å². The number of sulfonamides is 1. The Labute approximate surface area is 410 Å². The molecule has 0 radical (unpaired) electrons. The molecule has 22 heteroatoms. The van der Waals surface area contributed by atoms with Crippen LogP contribution in [0.3, 0.4) is 0 Å². The molecule has 3 amide bonds. The summed E-state index contributed by atoms with van der Waals surface area (Å²) in [6, 6.07) is 15.7. The van der Waals surface area contributed by atoms with Gasteiger partial charge in [-0.3, -0.25) is 23.8 Å². The van der Waals surface area contributed by atoms with Gasteiger partial charge in [-0.2, -0.15) is 8.42 Å². The van der Waals surface area contributed by atoms with Gasteiger partial charge in [-0.25, -0.2) is 27.7 Å². The molecule has 370 valence electrons. The number of benzene rings is 3. The summed E-state index contributed by atoms with van der Waals surface area (Å²) >= 11 is 1.49. The number of amides is 3. The molecular weight excluding hydrogens is 975 g/mol. The highest BCUT2D eigenvalue weighted by molar-refractivity contribution is 8.00. The van der Waals surface area contributed by atoms with Gasteiger partial charge in [0, 0.05) is 108 Å². The van der Waals surface area contributed by atoms with Crippen molar-refractivity contribution in [2.24, 2.45) is 0 Å². The first-order valence-electron chi connectivity index (χ1n) is 23.0. The van der Waals surface area contributed by atoms with E-state index in [1.807, 2.05) is 64.1 Å². The average Bonchev–Trinajstić information content (AvgIpc) is 3.61. The first-order chi connectivity index (χ1) is 32.6. The van der Waals surface area contributed by atoms with Crippen LogP contribution in [0.15, 0.2) is 98.5 Å². The van der Waals surface area contributed by atoms with Gasteiger partial charge in [-0.1, -0.05) is 17.8 Å². The molecule has 3 N–H and O–H groups in total. The Morgan fingerprint density at radius 2 is 1.54 bits per heavy atom. The third-order valence-electron chi connectivity index (χ3n) is 11.7. The van der Waals surface area contributed by atoms with Crippen LogP contribution in [0, 0.1) is 0 Å². The van der Waals surface area contributed by atoms with Crippen molar-refractivity contribution >= 4 is 82.9 Å². The van der Waals surface area contributed by atoms with Crippen LogP contribution in [-0.2, 0) is 45.2 Å². The van der Waals surface area contributed by atoms with Crippen molar-refractivity contribution in [3.05, 3.63) is 90.1 Å². The van der Waals surface area contributed by atoms with Crippen LogP contribution < -0.4 is 24.9 Å². The van der Waals surface area contributed by atoms with E-state index in [-0.39, 0.29) is 54.2 Å². The van der Waals surface area contributed by atoms with E-state index in [1.54, 1.807) is 12.4 Å². The summed E-state index contributed by atoms with van der Waals surface area (Å²) in [5, 5.41) is 5.50. The zero-order valence-corrected chi connectivity index (χ0v) is 44.8. The van der Waals surface area contributed by atoms with Crippen LogP contribution in [-0.4, -0.2) is 115 Å². The van der Waals surface area contributed by atoms with Gasteiger partial charge in [0.1, 0.15) is 29.3 Å². The lowest BCUT2D eigenvalue weighted by Crippen LogP contribution is -2.46. The molecule has 0 unspecified atom stereocenters. The van der Waals surface area contributed by atoms with E-state index in [9.17, 15) is 35.8 Å². The molecule has 2 aliphatic heterocycles. The van der Waals surface area contributed by atoms with Crippen molar-refractivity contribution in [1.82, 2.24) is 29.5 Å². The smallest absolute Gasteiger partial charge is 0.295 e. The first kappa shape index (κ1) is 53.3. The Kier molecular flexibility index (Phi) is 17.3. The lowest BCUT2D eigenvalue weighted by molar-refractivity contribution is -0.137. The van der Waals surface area contributed by atoms with Crippen molar-refractivity contribution < 1.29 is 44.3 Å². The van der Waals surface area contributed by atoms with E-state index < -0.39 is 41.7 Å². The number of imide groups is 1. The summed E-state index contributed by atoms with van der Waals surface area (Å²) in [6.07, 6.45) is 6.50. The maximum atomic E-state index is 13.6. The molecule has 1 aliphatic carbocycles. The number of rotatable bonds is 23. The van der Waals surface area contributed by atoms with Gasteiger partial charge < -0.3 is 18.7 Å². The Bertz CT molecular complexity index is 2990. The zero-order valence-electron chi connectivity index (χ0n) is 40.4. The highest BCUT2D eigenvalue weighted by atomic mass is 32.2. The summed E-state index contributed by atoms with van der Waals surface area (Å²) in [4.78, 5) is 47.7. The summed E-state index contributed by atoms with van der Waals surface area (Å²) < 4.78 is 82.0. The second kappa shape index (κ2) is 22.3. The molecule has 3 aromatic rings. The quantitative estimate of drug-likeness (QED) is 0.00962. The third-order valence-corrected chi connectivity index (χ3v) is 23.9. The third kappa shape index (κ3) is 13.4. The predicted molar refractivity (Wildman–Crippen MR) is 274 cm³/mol. The minimum absolute atomic E-state index is 0.0129. The number of thioether (sulfide) groups is 1. The van der Waals surface area contributed by atoms with Crippen LogP contribution in [0.5, 0.6) is 0 Å². The van der Waals surface area contributed by atoms with Gasteiger partial charge in [0.25, 0.3) is 21.9 Å². The second-order valence-corrected chi connectivity index (χ2v) is 31.1. The largest absolute Gasteiger partial charge is 0.456 e. The summed E-state index contributed by atoms with van der Waals surface area (Å²) in [7, 11) is -13.6. The molecule has 0 fully saturated rings. The van der Waals surface area contributed by atoms with Crippen LogP contribution in [0.1, 0.15) is 46.1 Å². The normalized spacial score (nSPS) is 13.5. The Hall–Kier alpha value is -5.08. The first-order valence-corrected chi connectivity index (χ1v) is 33.1. The van der Waals surface area contributed by atoms with Crippen molar-refractivity contribution in [3.63, 3.8) is 0 Å². The minimum atomic E-state index is -4.97. The monoisotopic (exact) mass is 1040 g/mol.